The van der Waals surface area contributed by atoms with Crippen LogP contribution in [0.15, 0.2) is 67.0 Å². The molecule has 2 aromatic carbocycles. The second kappa shape index (κ2) is 16.4. The molecule has 3 N–H and O–H groups in total. The lowest BCUT2D eigenvalue weighted by molar-refractivity contribution is 0.0887. The summed E-state index contributed by atoms with van der Waals surface area (Å²) in [5, 5.41) is 9.77. The van der Waals surface area contributed by atoms with E-state index in [-0.39, 0.29) is 29.4 Å². The minimum absolute atomic E-state index is 0.00742. The van der Waals surface area contributed by atoms with E-state index in [1.807, 2.05) is 24.4 Å². The number of halogens is 1. The maximum atomic E-state index is 14.4. The van der Waals surface area contributed by atoms with Gasteiger partial charge in [-0.1, -0.05) is 36.4 Å². The van der Waals surface area contributed by atoms with E-state index in [1.54, 1.807) is 6.07 Å². The van der Waals surface area contributed by atoms with Gasteiger partial charge in [0.15, 0.2) is 0 Å². The Labute approximate surface area is 305 Å². The van der Waals surface area contributed by atoms with E-state index in [0.29, 0.717) is 36.4 Å². The molecule has 0 spiro atoms. The number of rotatable bonds is 11. The molecule has 1 saturated heterocycles. The summed E-state index contributed by atoms with van der Waals surface area (Å²) in [5.74, 6) is 0.325. The molecule has 2 aliphatic heterocycles. The van der Waals surface area contributed by atoms with Crippen molar-refractivity contribution in [3.8, 4) is 22.8 Å². The van der Waals surface area contributed by atoms with Gasteiger partial charge in [-0.2, -0.15) is 0 Å². The second-order valence-electron chi connectivity index (χ2n) is 14.9. The SMILES string of the molecule is C[C@@H]1CN(CCCc2ccc(-c3cccc(Oc4ncc(F)cc4C(=O)N[C@H]4CC[C@H](NC(=O)c5cn6c(n5)CCCC6)CC4)c3)cc2)C[C@H](C)N1. The number of ether oxygens (including phenoxy) is 1. The van der Waals surface area contributed by atoms with E-state index in [0.717, 1.165) is 94.3 Å². The maximum absolute atomic E-state index is 14.4. The topological polar surface area (TPSA) is 113 Å². The zero-order valence-corrected chi connectivity index (χ0v) is 30.2. The number of fused-ring (bicyclic) bond motifs is 1. The number of aryl methyl sites for hydroxylation is 3. The van der Waals surface area contributed by atoms with E-state index >= 15 is 0 Å². The minimum Gasteiger partial charge on any atom is -0.438 e. The number of hydrogen-bond donors (Lipinski definition) is 3. The number of benzene rings is 2. The molecule has 274 valence electrons. The van der Waals surface area contributed by atoms with Crippen molar-refractivity contribution in [3.63, 3.8) is 0 Å². The minimum atomic E-state index is -0.615. The van der Waals surface area contributed by atoms with Crippen LogP contribution in [0, 0.1) is 5.82 Å². The second-order valence-corrected chi connectivity index (χ2v) is 14.9. The highest BCUT2D eigenvalue weighted by Gasteiger charge is 2.27. The normalized spacial score (nSPS) is 22.0. The van der Waals surface area contributed by atoms with E-state index in [2.05, 4.69) is 73.5 Å². The zero-order valence-electron chi connectivity index (χ0n) is 30.2. The smallest absolute Gasteiger partial charge is 0.271 e. The van der Waals surface area contributed by atoms with Crippen molar-refractivity contribution in [1.82, 2.24) is 35.4 Å². The third kappa shape index (κ3) is 9.05. The van der Waals surface area contributed by atoms with Crippen molar-refractivity contribution in [2.24, 2.45) is 0 Å². The number of nitrogens with one attached hydrogen (secondary N) is 3. The molecule has 3 aliphatic rings. The van der Waals surface area contributed by atoms with Gasteiger partial charge in [-0.25, -0.2) is 14.4 Å². The van der Waals surface area contributed by atoms with Crippen LogP contribution in [0.1, 0.15) is 91.0 Å². The molecule has 11 heteroatoms. The van der Waals surface area contributed by atoms with Gasteiger partial charge < -0.3 is 30.2 Å². The summed E-state index contributed by atoms with van der Waals surface area (Å²) in [7, 11) is 0. The summed E-state index contributed by atoms with van der Waals surface area (Å²) >= 11 is 0. The Balaban J connectivity index is 0.916. The van der Waals surface area contributed by atoms with Crippen LogP contribution in [-0.2, 0) is 19.4 Å². The van der Waals surface area contributed by atoms with Gasteiger partial charge in [0, 0.05) is 56.4 Å². The predicted molar refractivity (Wildman–Crippen MR) is 199 cm³/mol. The molecule has 1 aliphatic carbocycles. The van der Waals surface area contributed by atoms with Gasteiger partial charge in [-0.05, 0) is 107 Å². The van der Waals surface area contributed by atoms with Gasteiger partial charge in [0.2, 0.25) is 5.88 Å². The van der Waals surface area contributed by atoms with Gasteiger partial charge in [-0.15, -0.1) is 0 Å². The van der Waals surface area contributed by atoms with Gasteiger partial charge in [0.1, 0.15) is 28.6 Å². The number of imidazole rings is 1. The zero-order chi connectivity index (χ0) is 36.0. The lowest BCUT2D eigenvalue weighted by atomic mass is 9.91. The van der Waals surface area contributed by atoms with Crippen LogP contribution in [-0.4, -0.2) is 75.1 Å². The highest BCUT2D eigenvalue weighted by molar-refractivity contribution is 5.96. The summed E-state index contributed by atoms with van der Waals surface area (Å²) in [4.78, 5) is 37.6. The highest BCUT2D eigenvalue weighted by Crippen LogP contribution is 2.30. The first-order valence-electron chi connectivity index (χ1n) is 18.9. The average Bonchev–Trinajstić information content (AvgIpc) is 3.58. The first kappa shape index (κ1) is 35.8. The predicted octanol–water partition coefficient (Wildman–Crippen LogP) is 6.30. The number of carbonyl (C=O) groups excluding carboxylic acids is 2. The molecule has 0 bridgehead atoms. The molecule has 2 amide bonds. The van der Waals surface area contributed by atoms with Crippen LogP contribution in [0.2, 0.25) is 0 Å². The number of nitrogens with zero attached hydrogens (tertiary/aromatic N) is 4. The van der Waals surface area contributed by atoms with Crippen molar-refractivity contribution >= 4 is 11.8 Å². The van der Waals surface area contributed by atoms with Gasteiger partial charge >= 0.3 is 0 Å². The van der Waals surface area contributed by atoms with Gasteiger partial charge in [0.05, 0.1) is 6.20 Å². The number of carbonyl (C=O) groups is 2. The lowest BCUT2D eigenvalue weighted by Crippen LogP contribution is -2.54. The molecular formula is C41H50FN7O3. The molecule has 2 fully saturated rings. The molecule has 0 unspecified atom stereocenters. The van der Waals surface area contributed by atoms with Crippen LogP contribution in [0.5, 0.6) is 11.6 Å². The third-order valence-electron chi connectivity index (χ3n) is 10.5. The van der Waals surface area contributed by atoms with Crippen molar-refractivity contribution in [1.29, 1.82) is 0 Å². The monoisotopic (exact) mass is 707 g/mol. The number of pyridine rings is 1. The van der Waals surface area contributed by atoms with Crippen molar-refractivity contribution in [3.05, 3.63) is 95.5 Å². The fourth-order valence-corrected chi connectivity index (χ4v) is 7.94. The molecule has 7 rings (SSSR count). The summed E-state index contributed by atoms with van der Waals surface area (Å²) in [5.41, 5.74) is 3.85. The van der Waals surface area contributed by atoms with Gasteiger partial charge in [-0.3, -0.25) is 9.59 Å². The highest BCUT2D eigenvalue weighted by atomic mass is 19.1. The van der Waals surface area contributed by atoms with E-state index in [1.165, 1.54) is 11.6 Å². The van der Waals surface area contributed by atoms with Crippen LogP contribution in [0.25, 0.3) is 11.1 Å². The molecule has 4 heterocycles. The molecule has 0 radical (unpaired) electrons. The first-order valence-corrected chi connectivity index (χ1v) is 18.9. The molecule has 2 aromatic heterocycles. The summed E-state index contributed by atoms with van der Waals surface area (Å²) in [6.45, 7) is 8.70. The van der Waals surface area contributed by atoms with Gasteiger partial charge in [0.25, 0.3) is 11.8 Å². The van der Waals surface area contributed by atoms with Crippen molar-refractivity contribution in [2.75, 3.05) is 19.6 Å². The number of hydrogen-bond acceptors (Lipinski definition) is 7. The Morgan fingerprint density at radius 2 is 1.65 bits per heavy atom. The molecule has 2 atom stereocenters. The quantitative estimate of drug-likeness (QED) is 0.168. The molecular weight excluding hydrogens is 657 g/mol. The van der Waals surface area contributed by atoms with Crippen molar-refractivity contribution < 1.29 is 18.7 Å². The standard InChI is InChI=1S/C41H50FN7O3/c1-27-24-48(25-28(2)44-27)19-6-7-29-11-13-30(14-12-29)31-8-5-9-35(21-31)52-41-36(22-32(42)23-43-41)39(50)45-33-15-17-34(18-16-33)46-40(51)37-26-49-20-4-3-10-38(49)47-37/h5,8-9,11-14,21-23,26-28,33-34,44H,3-4,6-7,10,15-20,24-25H2,1-2H3,(H,45,50)(H,46,51)/t27-,28+,33-,34-. The number of piperazine rings is 1. The number of aromatic nitrogens is 3. The Morgan fingerprint density at radius 1 is 0.923 bits per heavy atom. The Morgan fingerprint density at radius 3 is 2.38 bits per heavy atom. The fraction of sp³-hybridized carbons (Fsp3) is 0.463. The van der Waals surface area contributed by atoms with Crippen LogP contribution in [0.3, 0.4) is 0 Å². The van der Waals surface area contributed by atoms with E-state index in [9.17, 15) is 14.0 Å². The van der Waals surface area contributed by atoms with Crippen LogP contribution >= 0.6 is 0 Å². The first-order chi connectivity index (χ1) is 25.3. The summed E-state index contributed by atoms with van der Waals surface area (Å²) in [6, 6.07) is 18.4. The summed E-state index contributed by atoms with van der Waals surface area (Å²) < 4.78 is 22.6. The third-order valence-corrected chi connectivity index (χ3v) is 10.5. The van der Waals surface area contributed by atoms with Crippen molar-refractivity contribution in [2.45, 2.75) is 102 Å². The summed E-state index contributed by atoms with van der Waals surface area (Å²) in [6.07, 6.45) is 11.0. The Bertz CT molecular complexity index is 1820. The average molecular weight is 708 g/mol. The Kier molecular flexibility index (Phi) is 11.3. The maximum Gasteiger partial charge on any atom is 0.271 e. The molecule has 4 aromatic rings. The fourth-order valence-electron chi connectivity index (χ4n) is 7.94. The van der Waals surface area contributed by atoms with Crippen LogP contribution < -0.4 is 20.7 Å². The molecule has 52 heavy (non-hydrogen) atoms. The van der Waals surface area contributed by atoms with E-state index < -0.39 is 11.7 Å². The largest absolute Gasteiger partial charge is 0.438 e. The molecule has 10 nitrogen and oxygen atoms in total. The lowest BCUT2D eigenvalue weighted by Gasteiger charge is -2.36. The molecule has 1 saturated carbocycles. The Hall–Kier alpha value is -4.61. The van der Waals surface area contributed by atoms with Crippen LogP contribution in [0.4, 0.5) is 4.39 Å². The van der Waals surface area contributed by atoms with E-state index in [4.69, 9.17) is 4.74 Å². The number of amides is 2.